The SMILES string of the molecule is COC1C(OC2C(I)OC3OC3C2O)OC2OC2C1O. The second kappa shape index (κ2) is 4.96. The predicted molar refractivity (Wildman–Crippen MR) is 68.8 cm³/mol. The fraction of sp³-hybridized carbons (Fsp3) is 1.00. The number of epoxide rings is 2. The van der Waals surface area contributed by atoms with E-state index in [1.165, 1.54) is 7.11 Å². The Morgan fingerprint density at radius 2 is 1.50 bits per heavy atom. The van der Waals surface area contributed by atoms with E-state index in [0.717, 1.165) is 0 Å². The lowest BCUT2D eigenvalue weighted by molar-refractivity contribution is -0.285. The number of alkyl halides is 1. The van der Waals surface area contributed by atoms with Crippen LogP contribution in [0.1, 0.15) is 0 Å². The van der Waals surface area contributed by atoms with Crippen LogP contribution in [0, 0.1) is 0 Å². The standard InChI is InChI=1S/C11H15IO8/c1-15-5-3(14)7-11(18-7)20-9(5)16-4-2(13)6-10(17-6)19-8(4)12/h2-11,13-14H,1H3. The van der Waals surface area contributed by atoms with E-state index in [4.69, 9.17) is 28.4 Å². The van der Waals surface area contributed by atoms with Crippen molar-refractivity contribution in [2.24, 2.45) is 0 Å². The summed E-state index contributed by atoms with van der Waals surface area (Å²) in [6, 6.07) is 0. The molecule has 0 aromatic carbocycles. The molecule has 0 aliphatic carbocycles. The third kappa shape index (κ3) is 2.20. The molecular weight excluding hydrogens is 387 g/mol. The maximum Gasteiger partial charge on any atom is 0.190 e. The largest absolute Gasteiger partial charge is 0.387 e. The highest BCUT2D eigenvalue weighted by molar-refractivity contribution is 14.1. The predicted octanol–water partition coefficient (Wildman–Crippen LogP) is -1.29. The Morgan fingerprint density at radius 1 is 0.900 bits per heavy atom. The van der Waals surface area contributed by atoms with Gasteiger partial charge in [0.15, 0.2) is 18.9 Å². The molecule has 0 saturated carbocycles. The van der Waals surface area contributed by atoms with Crippen molar-refractivity contribution in [2.75, 3.05) is 7.11 Å². The molecule has 2 N–H and O–H groups in total. The molecule has 114 valence electrons. The van der Waals surface area contributed by atoms with Crippen LogP contribution in [0.4, 0.5) is 0 Å². The Labute approximate surface area is 128 Å². The van der Waals surface area contributed by atoms with Crippen molar-refractivity contribution in [3.05, 3.63) is 0 Å². The molecule has 0 bridgehead atoms. The highest BCUT2D eigenvalue weighted by Crippen LogP contribution is 2.42. The average molecular weight is 402 g/mol. The van der Waals surface area contributed by atoms with Crippen molar-refractivity contribution in [2.45, 2.75) is 59.6 Å². The molecule has 4 rings (SSSR count). The maximum atomic E-state index is 10.2. The number of methoxy groups -OCH3 is 1. The molecule has 10 unspecified atom stereocenters. The number of halogens is 1. The summed E-state index contributed by atoms with van der Waals surface area (Å²) < 4.78 is 32.0. The van der Waals surface area contributed by atoms with Gasteiger partial charge in [-0.3, -0.25) is 0 Å². The average Bonchev–Trinajstić information content (AvgIpc) is 3.28. The third-order valence-corrected chi connectivity index (χ3v) is 4.94. The van der Waals surface area contributed by atoms with Gasteiger partial charge >= 0.3 is 0 Å². The maximum absolute atomic E-state index is 10.2. The van der Waals surface area contributed by atoms with Gasteiger partial charge in [0.25, 0.3) is 0 Å². The van der Waals surface area contributed by atoms with Crippen LogP contribution in [-0.2, 0) is 28.4 Å². The molecule has 8 nitrogen and oxygen atoms in total. The lowest BCUT2D eigenvalue weighted by Crippen LogP contribution is -2.55. The molecule has 0 aromatic heterocycles. The number of fused-ring (bicyclic) bond motifs is 2. The van der Waals surface area contributed by atoms with E-state index >= 15 is 0 Å². The molecule has 4 aliphatic heterocycles. The molecule has 0 spiro atoms. The minimum absolute atomic E-state index is 0.348. The topological polar surface area (TPSA) is 102 Å². The van der Waals surface area contributed by atoms with Gasteiger partial charge in [-0.1, -0.05) is 0 Å². The number of hydrogen-bond acceptors (Lipinski definition) is 8. The zero-order valence-corrected chi connectivity index (χ0v) is 12.7. The first-order valence-corrected chi connectivity index (χ1v) is 7.65. The molecular formula is C11H15IO8. The van der Waals surface area contributed by atoms with Gasteiger partial charge in [-0.15, -0.1) is 0 Å². The quantitative estimate of drug-likeness (QED) is 0.342. The van der Waals surface area contributed by atoms with E-state index in [-0.39, 0.29) is 22.6 Å². The minimum Gasteiger partial charge on any atom is -0.387 e. The summed E-state index contributed by atoms with van der Waals surface area (Å²) in [5.41, 5.74) is 0. The van der Waals surface area contributed by atoms with E-state index in [0.29, 0.717) is 0 Å². The van der Waals surface area contributed by atoms with Crippen LogP contribution in [0.5, 0.6) is 0 Å². The van der Waals surface area contributed by atoms with Crippen molar-refractivity contribution in [1.29, 1.82) is 0 Å². The molecule has 20 heavy (non-hydrogen) atoms. The third-order valence-electron chi connectivity index (χ3n) is 3.93. The number of ether oxygens (including phenoxy) is 6. The van der Waals surface area contributed by atoms with Crippen LogP contribution in [0.25, 0.3) is 0 Å². The molecule has 4 fully saturated rings. The van der Waals surface area contributed by atoms with Gasteiger partial charge in [0.2, 0.25) is 0 Å². The normalized spacial score (nSPS) is 60.6. The zero-order valence-electron chi connectivity index (χ0n) is 10.5. The molecule has 4 saturated heterocycles. The highest BCUT2D eigenvalue weighted by atomic mass is 127. The van der Waals surface area contributed by atoms with Gasteiger partial charge in [-0.2, -0.15) is 0 Å². The molecule has 4 aliphatic rings. The lowest BCUT2D eigenvalue weighted by Gasteiger charge is -2.37. The lowest BCUT2D eigenvalue weighted by atomic mass is 10.1. The molecule has 0 radical (unpaired) electrons. The number of rotatable bonds is 3. The summed E-state index contributed by atoms with van der Waals surface area (Å²) in [4.78, 5) is 0. The summed E-state index contributed by atoms with van der Waals surface area (Å²) in [6.07, 6.45) is -5.27. The van der Waals surface area contributed by atoms with E-state index in [2.05, 4.69) is 0 Å². The Bertz CT molecular complexity index is 397. The summed E-state index contributed by atoms with van der Waals surface area (Å²) in [5.74, 6) is 0. The molecule has 4 heterocycles. The summed E-state index contributed by atoms with van der Waals surface area (Å²) in [7, 11) is 1.46. The van der Waals surface area contributed by atoms with Gasteiger partial charge in [-0.25, -0.2) is 0 Å². The highest BCUT2D eigenvalue weighted by Gasteiger charge is 2.61. The fourth-order valence-corrected chi connectivity index (χ4v) is 3.57. The smallest absolute Gasteiger partial charge is 0.190 e. The van der Waals surface area contributed by atoms with Gasteiger partial charge in [0, 0.05) is 7.11 Å². The zero-order chi connectivity index (χ0) is 14.0. The Kier molecular flexibility index (Phi) is 3.48. The van der Waals surface area contributed by atoms with Crippen LogP contribution in [0.15, 0.2) is 0 Å². The fourth-order valence-electron chi connectivity index (χ4n) is 2.68. The van der Waals surface area contributed by atoms with E-state index < -0.39 is 37.0 Å². The number of aliphatic hydroxyl groups excluding tert-OH is 2. The minimum atomic E-state index is -0.824. The van der Waals surface area contributed by atoms with Crippen LogP contribution in [0.3, 0.4) is 0 Å². The van der Waals surface area contributed by atoms with Gasteiger partial charge in [0.05, 0.1) is 0 Å². The Morgan fingerprint density at radius 3 is 2.15 bits per heavy atom. The second-order valence-electron chi connectivity index (χ2n) is 5.21. The van der Waals surface area contributed by atoms with Crippen LogP contribution in [0.2, 0.25) is 0 Å². The van der Waals surface area contributed by atoms with Crippen LogP contribution in [-0.4, -0.2) is 76.9 Å². The van der Waals surface area contributed by atoms with Crippen LogP contribution < -0.4 is 0 Å². The van der Waals surface area contributed by atoms with Gasteiger partial charge in [-0.05, 0) is 22.6 Å². The number of hydrogen-bond donors (Lipinski definition) is 2. The van der Waals surface area contributed by atoms with Crippen molar-refractivity contribution in [1.82, 2.24) is 0 Å². The van der Waals surface area contributed by atoms with Gasteiger partial charge in [0.1, 0.15) is 40.7 Å². The van der Waals surface area contributed by atoms with Crippen molar-refractivity contribution in [3.63, 3.8) is 0 Å². The summed E-state index contributed by atoms with van der Waals surface area (Å²) >= 11 is 2.03. The molecule has 10 atom stereocenters. The monoisotopic (exact) mass is 402 g/mol. The molecule has 9 heteroatoms. The van der Waals surface area contributed by atoms with Crippen LogP contribution >= 0.6 is 22.6 Å². The molecule has 0 amide bonds. The van der Waals surface area contributed by atoms with Crippen molar-refractivity contribution in [3.8, 4) is 0 Å². The van der Waals surface area contributed by atoms with Crippen molar-refractivity contribution < 1.29 is 38.6 Å². The Hall–Kier alpha value is 0.410. The summed E-state index contributed by atoms with van der Waals surface area (Å²) in [6.45, 7) is 0. The van der Waals surface area contributed by atoms with E-state index in [1.807, 2.05) is 22.6 Å². The van der Waals surface area contributed by atoms with E-state index in [1.54, 1.807) is 0 Å². The Balaban J connectivity index is 1.46. The molecule has 0 aromatic rings. The van der Waals surface area contributed by atoms with Gasteiger partial charge < -0.3 is 38.6 Å². The first kappa shape index (κ1) is 14.0. The second-order valence-corrected chi connectivity index (χ2v) is 6.44. The summed E-state index contributed by atoms with van der Waals surface area (Å²) in [5, 5.41) is 20.2. The first-order valence-electron chi connectivity index (χ1n) is 6.40. The van der Waals surface area contributed by atoms with Crippen molar-refractivity contribution >= 4 is 22.6 Å². The number of aliphatic hydroxyl groups is 2. The first-order chi connectivity index (χ1) is 9.60. The van der Waals surface area contributed by atoms with E-state index in [9.17, 15) is 10.2 Å².